The smallest absolute Gasteiger partial charge is 0.251 e. The molecule has 1 aromatic rings. The molecule has 92 valence electrons. The van der Waals surface area contributed by atoms with Gasteiger partial charge in [0.25, 0.3) is 5.91 Å². The monoisotopic (exact) mass is 300 g/mol. The van der Waals surface area contributed by atoms with Crippen molar-refractivity contribution in [3.05, 3.63) is 34.1 Å². The standard InChI is InChI=1S/C12H14BrFN2O/c13-9-4-3-8(5-10(9)14)12(17)16-6-11(15)7-1-2-7/h3-5,7,11H,1-2,6,15H2,(H,16,17). The molecule has 1 aliphatic carbocycles. The quantitative estimate of drug-likeness (QED) is 0.894. The number of rotatable bonds is 4. The maximum absolute atomic E-state index is 13.2. The van der Waals surface area contributed by atoms with Crippen molar-refractivity contribution in [1.29, 1.82) is 0 Å². The summed E-state index contributed by atoms with van der Waals surface area (Å²) in [6.07, 6.45) is 2.29. The van der Waals surface area contributed by atoms with Gasteiger partial charge in [0, 0.05) is 18.2 Å². The maximum atomic E-state index is 13.2. The van der Waals surface area contributed by atoms with Crippen LogP contribution in [-0.2, 0) is 0 Å². The molecule has 3 N–H and O–H groups in total. The van der Waals surface area contributed by atoms with Crippen molar-refractivity contribution >= 4 is 21.8 Å². The van der Waals surface area contributed by atoms with Gasteiger partial charge in [-0.25, -0.2) is 4.39 Å². The Balaban J connectivity index is 1.92. The minimum Gasteiger partial charge on any atom is -0.350 e. The highest BCUT2D eigenvalue weighted by Gasteiger charge is 2.28. The summed E-state index contributed by atoms with van der Waals surface area (Å²) in [5, 5.41) is 2.72. The highest BCUT2D eigenvalue weighted by atomic mass is 79.9. The molecule has 0 spiro atoms. The second-order valence-electron chi connectivity index (χ2n) is 4.34. The predicted octanol–water partition coefficient (Wildman–Crippen LogP) is 2.06. The molecule has 0 bridgehead atoms. The first-order valence-electron chi connectivity index (χ1n) is 5.57. The van der Waals surface area contributed by atoms with Gasteiger partial charge >= 0.3 is 0 Å². The van der Waals surface area contributed by atoms with Gasteiger partial charge in [-0.2, -0.15) is 0 Å². The van der Waals surface area contributed by atoms with Crippen molar-refractivity contribution in [3.63, 3.8) is 0 Å². The topological polar surface area (TPSA) is 55.1 Å². The van der Waals surface area contributed by atoms with Crippen molar-refractivity contribution < 1.29 is 9.18 Å². The predicted molar refractivity (Wildman–Crippen MR) is 67.1 cm³/mol. The van der Waals surface area contributed by atoms with Crippen LogP contribution in [0.15, 0.2) is 22.7 Å². The lowest BCUT2D eigenvalue weighted by atomic mass is 10.1. The van der Waals surface area contributed by atoms with E-state index in [1.807, 2.05) is 0 Å². The molecule has 0 heterocycles. The summed E-state index contributed by atoms with van der Waals surface area (Å²) in [5.41, 5.74) is 6.18. The van der Waals surface area contributed by atoms with E-state index in [1.54, 1.807) is 6.07 Å². The summed E-state index contributed by atoms with van der Waals surface area (Å²) in [5.74, 6) is -0.186. The Kier molecular flexibility index (Phi) is 3.79. The van der Waals surface area contributed by atoms with Crippen molar-refractivity contribution in [3.8, 4) is 0 Å². The third-order valence-corrected chi connectivity index (χ3v) is 3.55. The highest BCUT2D eigenvalue weighted by molar-refractivity contribution is 9.10. The number of hydrogen-bond donors (Lipinski definition) is 2. The van der Waals surface area contributed by atoms with Gasteiger partial charge in [0.2, 0.25) is 0 Å². The van der Waals surface area contributed by atoms with Gasteiger partial charge in [-0.05, 0) is 52.9 Å². The molecule has 17 heavy (non-hydrogen) atoms. The Bertz CT molecular complexity index is 435. The van der Waals surface area contributed by atoms with E-state index >= 15 is 0 Å². The largest absolute Gasteiger partial charge is 0.350 e. The number of nitrogens with one attached hydrogen (secondary N) is 1. The maximum Gasteiger partial charge on any atom is 0.251 e. The van der Waals surface area contributed by atoms with E-state index < -0.39 is 5.82 Å². The summed E-state index contributed by atoms with van der Waals surface area (Å²) in [6, 6.07) is 4.32. The second-order valence-corrected chi connectivity index (χ2v) is 5.19. The van der Waals surface area contributed by atoms with Gasteiger partial charge in [-0.15, -0.1) is 0 Å². The van der Waals surface area contributed by atoms with Crippen LogP contribution in [0.5, 0.6) is 0 Å². The van der Waals surface area contributed by atoms with Crippen molar-refractivity contribution in [2.75, 3.05) is 6.54 Å². The Morgan fingerprint density at radius 2 is 2.29 bits per heavy atom. The van der Waals surface area contributed by atoms with Gasteiger partial charge in [0.1, 0.15) is 5.82 Å². The van der Waals surface area contributed by atoms with Gasteiger partial charge in [0.15, 0.2) is 0 Å². The van der Waals surface area contributed by atoms with Crippen molar-refractivity contribution in [2.45, 2.75) is 18.9 Å². The molecule has 0 aromatic heterocycles. The molecule has 2 rings (SSSR count). The molecule has 1 saturated carbocycles. The van der Waals surface area contributed by atoms with Gasteiger partial charge in [0.05, 0.1) is 4.47 Å². The summed E-state index contributed by atoms with van der Waals surface area (Å²) in [4.78, 5) is 11.7. The lowest BCUT2D eigenvalue weighted by molar-refractivity contribution is 0.0950. The lowest BCUT2D eigenvalue weighted by Gasteiger charge is -2.11. The molecule has 0 aliphatic heterocycles. The number of nitrogens with two attached hydrogens (primary N) is 1. The fourth-order valence-electron chi connectivity index (χ4n) is 1.64. The molecular weight excluding hydrogens is 287 g/mol. The first-order valence-corrected chi connectivity index (χ1v) is 6.36. The number of benzene rings is 1. The van der Waals surface area contributed by atoms with E-state index in [2.05, 4.69) is 21.2 Å². The van der Waals surface area contributed by atoms with Crippen molar-refractivity contribution in [1.82, 2.24) is 5.32 Å². The second kappa shape index (κ2) is 5.14. The van der Waals surface area contributed by atoms with Crippen LogP contribution in [0.4, 0.5) is 4.39 Å². The van der Waals surface area contributed by atoms with Crippen LogP contribution < -0.4 is 11.1 Å². The molecule has 1 amide bonds. The lowest BCUT2D eigenvalue weighted by Crippen LogP contribution is -2.38. The average Bonchev–Trinajstić information content (AvgIpc) is 3.13. The molecule has 1 aliphatic rings. The number of carbonyl (C=O) groups is 1. The van der Waals surface area contributed by atoms with Crippen LogP contribution in [0.3, 0.4) is 0 Å². The molecule has 1 fully saturated rings. The number of hydrogen-bond acceptors (Lipinski definition) is 2. The Labute approximate surface area is 108 Å². The molecule has 1 aromatic carbocycles. The van der Waals surface area contributed by atoms with Crippen LogP contribution in [0.25, 0.3) is 0 Å². The number of amides is 1. The van der Waals surface area contributed by atoms with Crippen LogP contribution in [-0.4, -0.2) is 18.5 Å². The molecule has 5 heteroatoms. The van der Waals surface area contributed by atoms with E-state index in [-0.39, 0.29) is 11.9 Å². The zero-order valence-electron chi connectivity index (χ0n) is 9.25. The number of halogens is 2. The van der Waals surface area contributed by atoms with E-state index in [0.29, 0.717) is 22.5 Å². The Morgan fingerprint density at radius 1 is 1.59 bits per heavy atom. The average molecular weight is 301 g/mol. The first kappa shape index (κ1) is 12.5. The van der Waals surface area contributed by atoms with Gasteiger partial charge in [-0.3, -0.25) is 4.79 Å². The normalized spacial score (nSPS) is 16.6. The molecule has 3 nitrogen and oxygen atoms in total. The van der Waals surface area contributed by atoms with Crippen molar-refractivity contribution in [2.24, 2.45) is 11.7 Å². The van der Waals surface area contributed by atoms with E-state index in [4.69, 9.17) is 5.73 Å². The first-order chi connectivity index (χ1) is 8.08. The summed E-state index contributed by atoms with van der Waals surface area (Å²) in [6.45, 7) is 0.446. The molecule has 1 unspecified atom stereocenters. The van der Waals surface area contributed by atoms with E-state index in [9.17, 15) is 9.18 Å². The molecular formula is C12H14BrFN2O. The summed E-state index contributed by atoms with van der Waals surface area (Å²) in [7, 11) is 0. The SMILES string of the molecule is NC(CNC(=O)c1ccc(Br)c(F)c1)C1CC1. The third kappa shape index (κ3) is 3.26. The number of carbonyl (C=O) groups excluding carboxylic acids is 1. The summed E-state index contributed by atoms with van der Waals surface area (Å²) >= 11 is 3.04. The van der Waals surface area contributed by atoms with E-state index in [0.717, 1.165) is 12.8 Å². The Morgan fingerprint density at radius 3 is 2.88 bits per heavy atom. The molecule has 1 atom stereocenters. The van der Waals surface area contributed by atoms with Crippen LogP contribution >= 0.6 is 15.9 Å². The third-order valence-electron chi connectivity index (χ3n) is 2.91. The minimum atomic E-state index is -0.441. The van der Waals surface area contributed by atoms with Crippen LogP contribution in [0.2, 0.25) is 0 Å². The fourth-order valence-corrected chi connectivity index (χ4v) is 1.89. The fraction of sp³-hybridized carbons (Fsp3) is 0.417. The zero-order chi connectivity index (χ0) is 12.4. The highest BCUT2D eigenvalue weighted by Crippen LogP contribution is 2.31. The Hall–Kier alpha value is -0.940. The van der Waals surface area contributed by atoms with Gasteiger partial charge in [-0.1, -0.05) is 0 Å². The van der Waals surface area contributed by atoms with Crippen LogP contribution in [0.1, 0.15) is 23.2 Å². The zero-order valence-corrected chi connectivity index (χ0v) is 10.8. The van der Waals surface area contributed by atoms with Gasteiger partial charge < -0.3 is 11.1 Å². The van der Waals surface area contributed by atoms with Crippen LogP contribution in [0, 0.1) is 11.7 Å². The minimum absolute atomic E-state index is 0.0132. The van der Waals surface area contributed by atoms with E-state index in [1.165, 1.54) is 12.1 Å². The molecule has 0 radical (unpaired) electrons. The molecule has 0 saturated heterocycles. The summed E-state index contributed by atoms with van der Waals surface area (Å²) < 4.78 is 13.6.